The second-order valence-electron chi connectivity index (χ2n) is 11.4. The van der Waals surface area contributed by atoms with Crippen molar-refractivity contribution in [1.82, 2.24) is 9.88 Å². The topological polar surface area (TPSA) is 33.2 Å². The van der Waals surface area contributed by atoms with Crippen molar-refractivity contribution in [2.45, 2.75) is 58.3 Å². The molecule has 0 aliphatic heterocycles. The van der Waals surface area contributed by atoms with Gasteiger partial charge in [0.05, 0.1) is 5.92 Å². The van der Waals surface area contributed by atoms with Gasteiger partial charge in [-0.3, -0.25) is 9.78 Å². The van der Waals surface area contributed by atoms with Gasteiger partial charge in [-0.25, -0.2) is 0 Å². The maximum Gasteiger partial charge on any atom is 0.230 e. The minimum atomic E-state index is -0.210. The molecule has 5 rings (SSSR count). The normalized spacial score (nSPS) is 14.2. The summed E-state index contributed by atoms with van der Waals surface area (Å²) in [5.41, 5.74) is 9.96. The van der Waals surface area contributed by atoms with Crippen LogP contribution in [-0.2, 0) is 17.6 Å². The number of hydrogen-bond acceptors (Lipinski definition) is 2. The van der Waals surface area contributed by atoms with Gasteiger partial charge in [-0.05, 0) is 76.8 Å². The van der Waals surface area contributed by atoms with Crippen LogP contribution in [0.5, 0.6) is 0 Å². The van der Waals surface area contributed by atoms with Crippen molar-refractivity contribution in [2.75, 3.05) is 13.1 Å². The number of benzene rings is 3. The first-order valence-electron chi connectivity index (χ1n) is 14.6. The third-order valence-corrected chi connectivity index (χ3v) is 8.34. The minimum absolute atomic E-state index is 0.145. The SMILES string of the molecule is CC(C)c1ccc(C(C)C(=O)N(CCc2ccccc2)CC2=C(C(C)c3ccccn3)c3ccccc3C2)cc1. The Hall–Kier alpha value is -3.98. The van der Waals surface area contributed by atoms with E-state index in [0.29, 0.717) is 19.0 Å². The first-order chi connectivity index (χ1) is 19.4. The molecule has 40 heavy (non-hydrogen) atoms. The van der Waals surface area contributed by atoms with E-state index in [9.17, 15) is 4.79 Å². The second-order valence-corrected chi connectivity index (χ2v) is 11.4. The van der Waals surface area contributed by atoms with Crippen LogP contribution in [0.15, 0.2) is 109 Å². The smallest absolute Gasteiger partial charge is 0.230 e. The van der Waals surface area contributed by atoms with Crippen LogP contribution in [0.2, 0.25) is 0 Å². The zero-order valence-electron chi connectivity index (χ0n) is 24.2. The highest BCUT2D eigenvalue weighted by atomic mass is 16.2. The molecule has 3 nitrogen and oxygen atoms in total. The molecule has 0 spiro atoms. The van der Waals surface area contributed by atoms with Gasteiger partial charge < -0.3 is 4.90 Å². The molecule has 4 aromatic rings. The first kappa shape index (κ1) is 27.6. The monoisotopic (exact) mass is 528 g/mol. The number of rotatable bonds is 10. The summed E-state index contributed by atoms with van der Waals surface area (Å²) < 4.78 is 0. The van der Waals surface area contributed by atoms with Gasteiger partial charge in [0.1, 0.15) is 0 Å². The summed E-state index contributed by atoms with van der Waals surface area (Å²) in [7, 11) is 0. The van der Waals surface area contributed by atoms with Gasteiger partial charge in [0.2, 0.25) is 5.91 Å². The summed E-state index contributed by atoms with van der Waals surface area (Å²) in [4.78, 5) is 21.0. The van der Waals surface area contributed by atoms with Crippen molar-refractivity contribution in [1.29, 1.82) is 0 Å². The molecule has 1 amide bonds. The quantitative estimate of drug-likeness (QED) is 0.208. The summed E-state index contributed by atoms with van der Waals surface area (Å²) in [5.74, 6) is 0.587. The first-order valence-corrected chi connectivity index (χ1v) is 14.6. The molecule has 1 aliphatic carbocycles. The molecular formula is C37H40N2O. The Morgan fingerprint density at radius 2 is 1.48 bits per heavy atom. The predicted molar refractivity (Wildman–Crippen MR) is 165 cm³/mol. The fraction of sp³-hybridized carbons (Fsp3) is 0.297. The number of hydrogen-bond donors (Lipinski definition) is 0. The molecule has 0 saturated carbocycles. The zero-order chi connectivity index (χ0) is 28.1. The third kappa shape index (κ3) is 6.09. The Morgan fingerprint density at radius 3 is 2.17 bits per heavy atom. The van der Waals surface area contributed by atoms with Gasteiger partial charge in [0.15, 0.2) is 0 Å². The van der Waals surface area contributed by atoms with Gasteiger partial charge in [0, 0.05) is 30.9 Å². The summed E-state index contributed by atoms with van der Waals surface area (Å²) in [6.45, 7) is 10.0. The number of amides is 1. The average molecular weight is 529 g/mol. The average Bonchev–Trinajstić information content (AvgIpc) is 3.37. The molecule has 1 aromatic heterocycles. The summed E-state index contributed by atoms with van der Waals surface area (Å²) in [6, 6.07) is 33.9. The lowest BCUT2D eigenvalue weighted by Crippen LogP contribution is -2.37. The molecule has 2 unspecified atom stereocenters. The number of nitrogens with zero attached hydrogens (tertiary/aromatic N) is 2. The molecule has 3 heteroatoms. The van der Waals surface area contributed by atoms with Gasteiger partial charge in [-0.2, -0.15) is 0 Å². The lowest BCUT2D eigenvalue weighted by Gasteiger charge is -2.28. The van der Waals surface area contributed by atoms with Gasteiger partial charge in [0.25, 0.3) is 0 Å². The Labute approximate surface area is 239 Å². The van der Waals surface area contributed by atoms with Crippen molar-refractivity contribution in [3.63, 3.8) is 0 Å². The number of pyridine rings is 1. The molecule has 0 N–H and O–H groups in total. The van der Waals surface area contributed by atoms with E-state index in [1.165, 1.54) is 33.4 Å². The molecular weight excluding hydrogens is 488 g/mol. The van der Waals surface area contributed by atoms with Crippen molar-refractivity contribution in [3.8, 4) is 0 Å². The summed E-state index contributed by atoms with van der Waals surface area (Å²) in [6.07, 6.45) is 3.57. The van der Waals surface area contributed by atoms with Crippen LogP contribution in [0, 0.1) is 0 Å². The van der Waals surface area contributed by atoms with E-state index in [0.717, 1.165) is 24.1 Å². The highest BCUT2D eigenvalue weighted by Crippen LogP contribution is 2.42. The van der Waals surface area contributed by atoms with E-state index in [1.807, 2.05) is 18.3 Å². The van der Waals surface area contributed by atoms with Gasteiger partial charge in [-0.1, -0.05) is 106 Å². The number of carbonyl (C=O) groups is 1. The molecule has 2 atom stereocenters. The lowest BCUT2D eigenvalue weighted by molar-refractivity contribution is -0.132. The maximum absolute atomic E-state index is 14.2. The Morgan fingerprint density at radius 1 is 0.800 bits per heavy atom. The standard InChI is InChI=1S/C37H40N2O/c1-26(2)30-17-19-31(20-18-30)27(3)37(40)39(23-21-29-12-6-5-7-13-29)25-33-24-32-14-8-9-15-34(32)36(33)28(4)35-16-10-11-22-38-35/h5-20,22,26-28H,21,23-25H2,1-4H3. The summed E-state index contributed by atoms with van der Waals surface area (Å²) in [5, 5.41) is 0. The molecule has 1 heterocycles. The number of fused-ring (bicyclic) bond motifs is 1. The molecule has 1 aliphatic rings. The van der Waals surface area contributed by atoms with Crippen molar-refractivity contribution >= 4 is 11.5 Å². The maximum atomic E-state index is 14.2. The van der Waals surface area contributed by atoms with E-state index in [4.69, 9.17) is 4.98 Å². The van der Waals surface area contributed by atoms with Crippen LogP contribution in [-0.4, -0.2) is 28.9 Å². The van der Waals surface area contributed by atoms with E-state index in [2.05, 4.69) is 118 Å². The van der Waals surface area contributed by atoms with E-state index < -0.39 is 0 Å². The molecule has 0 radical (unpaired) electrons. The molecule has 0 saturated heterocycles. The minimum Gasteiger partial charge on any atom is -0.338 e. The largest absolute Gasteiger partial charge is 0.338 e. The van der Waals surface area contributed by atoms with Crippen LogP contribution in [0.4, 0.5) is 0 Å². The molecule has 0 bridgehead atoms. The fourth-order valence-electron chi connectivity index (χ4n) is 5.91. The lowest BCUT2D eigenvalue weighted by atomic mass is 9.90. The van der Waals surface area contributed by atoms with Gasteiger partial charge in [-0.15, -0.1) is 0 Å². The fourth-order valence-corrected chi connectivity index (χ4v) is 5.91. The molecule has 0 fully saturated rings. The van der Waals surface area contributed by atoms with Crippen LogP contribution in [0.3, 0.4) is 0 Å². The second kappa shape index (κ2) is 12.5. The Balaban J connectivity index is 1.47. The van der Waals surface area contributed by atoms with Crippen molar-refractivity contribution < 1.29 is 4.79 Å². The van der Waals surface area contributed by atoms with Crippen LogP contribution in [0.1, 0.15) is 79.0 Å². The molecule has 3 aromatic carbocycles. The van der Waals surface area contributed by atoms with Crippen molar-refractivity contribution in [3.05, 3.63) is 142 Å². The van der Waals surface area contributed by atoms with Gasteiger partial charge >= 0.3 is 0 Å². The summed E-state index contributed by atoms with van der Waals surface area (Å²) >= 11 is 0. The van der Waals surface area contributed by atoms with Crippen LogP contribution >= 0.6 is 0 Å². The zero-order valence-corrected chi connectivity index (χ0v) is 24.2. The predicted octanol–water partition coefficient (Wildman–Crippen LogP) is 8.19. The molecule has 204 valence electrons. The third-order valence-electron chi connectivity index (χ3n) is 8.34. The van der Waals surface area contributed by atoms with E-state index in [-0.39, 0.29) is 17.7 Å². The Kier molecular flexibility index (Phi) is 8.60. The van der Waals surface area contributed by atoms with E-state index in [1.54, 1.807) is 0 Å². The van der Waals surface area contributed by atoms with Crippen LogP contribution in [0.25, 0.3) is 5.57 Å². The van der Waals surface area contributed by atoms with Crippen molar-refractivity contribution in [2.24, 2.45) is 0 Å². The highest BCUT2D eigenvalue weighted by Gasteiger charge is 2.30. The number of allylic oxidation sites excluding steroid dienone is 1. The number of aromatic nitrogens is 1. The Bertz CT molecular complexity index is 1460. The number of carbonyl (C=O) groups excluding carboxylic acids is 1. The van der Waals surface area contributed by atoms with Crippen LogP contribution < -0.4 is 0 Å². The van der Waals surface area contributed by atoms with E-state index >= 15 is 0 Å². The highest BCUT2D eigenvalue weighted by molar-refractivity contribution is 5.85.